The summed E-state index contributed by atoms with van der Waals surface area (Å²) in [6, 6.07) is 9.57. The van der Waals surface area contributed by atoms with E-state index in [0.29, 0.717) is 6.04 Å². The molecule has 1 fully saturated rings. The van der Waals surface area contributed by atoms with Crippen molar-refractivity contribution in [2.45, 2.75) is 51.1 Å². The molecule has 0 amide bonds. The van der Waals surface area contributed by atoms with Gasteiger partial charge in [-0.3, -0.25) is 4.68 Å². The number of hydrogen-bond donors (Lipinski definition) is 1. The maximum absolute atomic E-state index is 4.84. The first-order valence-corrected chi connectivity index (χ1v) is 8.24. The minimum atomic E-state index is 0.646. The highest BCUT2D eigenvalue weighted by molar-refractivity contribution is 5.38. The lowest BCUT2D eigenvalue weighted by atomic mass is 9.93. The van der Waals surface area contributed by atoms with Crippen LogP contribution >= 0.6 is 0 Å². The van der Waals surface area contributed by atoms with Gasteiger partial charge in [-0.2, -0.15) is 5.10 Å². The smallest absolute Gasteiger partial charge is 0.0668 e. The third kappa shape index (κ3) is 2.62. The molecule has 1 aliphatic carbocycles. The Labute approximate surface area is 126 Å². The minimum Gasteiger partial charge on any atom is -0.312 e. The molecular formula is C18H23N3. The highest BCUT2D eigenvalue weighted by Crippen LogP contribution is 2.29. The standard InChI is InChI=1S/C18H23N3/c1-2-7-17(6-1)21-11-9-16(20-21)12-14-4-3-5-15-13-19-10-8-18(14)15/h3-5,9,11,17,19H,1-2,6-8,10,12-13H2. The van der Waals surface area contributed by atoms with Crippen molar-refractivity contribution >= 4 is 0 Å². The Bertz CT molecular complexity index is 623. The summed E-state index contributed by atoms with van der Waals surface area (Å²) in [5.74, 6) is 0. The molecule has 0 radical (unpaired) electrons. The molecule has 2 aromatic rings. The van der Waals surface area contributed by atoms with Crippen LogP contribution < -0.4 is 5.32 Å². The van der Waals surface area contributed by atoms with E-state index in [1.54, 1.807) is 5.56 Å². The summed E-state index contributed by atoms with van der Waals surface area (Å²) in [6.45, 7) is 2.11. The fraction of sp³-hybridized carbons (Fsp3) is 0.500. The van der Waals surface area contributed by atoms with Gasteiger partial charge in [0.15, 0.2) is 0 Å². The predicted octanol–water partition coefficient (Wildman–Crippen LogP) is 3.23. The monoisotopic (exact) mass is 281 g/mol. The van der Waals surface area contributed by atoms with Gasteiger partial charge in [-0.15, -0.1) is 0 Å². The minimum absolute atomic E-state index is 0.646. The van der Waals surface area contributed by atoms with E-state index in [1.807, 2.05) is 0 Å². The molecule has 2 heterocycles. The Morgan fingerprint density at radius 3 is 3.00 bits per heavy atom. The number of aromatic nitrogens is 2. The van der Waals surface area contributed by atoms with Crippen LogP contribution in [0.3, 0.4) is 0 Å². The molecule has 21 heavy (non-hydrogen) atoms. The lowest BCUT2D eigenvalue weighted by molar-refractivity contribution is 0.463. The SMILES string of the molecule is c1cc2c(c(Cc3ccn(C4CCCC4)n3)c1)CCNC2. The molecule has 3 heteroatoms. The molecule has 110 valence electrons. The molecule has 0 unspecified atom stereocenters. The molecule has 1 aromatic carbocycles. The van der Waals surface area contributed by atoms with Gasteiger partial charge >= 0.3 is 0 Å². The van der Waals surface area contributed by atoms with Gasteiger partial charge in [0.1, 0.15) is 0 Å². The van der Waals surface area contributed by atoms with E-state index in [1.165, 1.54) is 42.5 Å². The molecule has 0 bridgehead atoms. The van der Waals surface area contributed by atoms with E-state index >= 15 is 0 Å². The number of hydrogen-bond acceptors (Lipinski definition) is 2. The van der Waals surface area contributed by atoms with Crippen molar-refractivity contribution in [1.82, 2.24) is 15.1 Å². The van der Waals surface area contributed by atoms with Crippen LogP contribution in [0.2, 0.25) is 0 Å². The average Bonchev–Trinajstić information content (AvgIpc) is 3.18. The van der Waals surface area contributed by atoms with E-state index in [0.717, 1.165) is 25.9 Å². The Balaban J connectivity index is 1.56. The fourth-order valence-electron chi connectivity index (χ4n) is 3.82. The summed E-state index contributed by atoms with van der Waals surface area (Å²) in [5.41, 5.74) is 5.69. The zero-order valence-corrected chi connectivity index (χ0v) is 12.5. The van der Waals surface area contributed by atoms with Crippen LogP contribution in [0.15, 0.2) is 30.5 Å². The quantitative estimate of drug-likeness (QED) is 0.936. The van der Waals surface area contributed by atoms with E-state index < -0.39 is 0 Å². The Kier molecular flexibility index (Phi) is 3.52. The van der Waals surface area contributed by atoms with Gasteiger partial charge in [-0.05, 0) is 48.6 Å². The van der Waals surface area contributed by atoms with E-state index in [4.69, 9.17) is 5.10 Å². The summed E-state index contributed by atoms with van der Waals surface area (Å²) in [5, 5.41) is 8.29. The Morgan fingerprint density at radius 2 is 2.10 bits per heavy atom. The largest absolute Gasteiger partial charge is 0.312 e. The molecular weight excluding hydrogens is 258 g/mol. The van der Waals surface area contributed by atoms with E-state index in [9.17, 15) is 0 Å². The molecule has 3 nitrogen and oxygen atoms in total. The first kappa shape index (κ1) is 13.1. The summed E-state index contributed by atoms with van der Waals surface area (Å²) in [4.78, 5) is 0. The van der Waals surface area contributed by atoms with Gasteiger partial charge in [0.25, 0.3) is 0 Å². The first-order valence-electron chi connectivity index (χ1n) is 8.24. The van der Waals surface area contributed by atoms with Crippen molar-refractivity contribution in [1.29, 1.82) is 0 Å². The van der Waals surface area contributed by atoms with E-state index in [2.05, 4.69) is 40.5 Å². The second-order valence-electron chi connectivity index (χ2n) is 6.38. The molecule has 0 spiro atoms. The number of benzene rings is 1. The maximum Gasteiger partial charge on any atom is 0.0668 e. The molecule has 1 saturated carbocycles. The highest BCUT2D eigenvalue weighted by Gasteiger charge is 2.18. The third-order valence-electron chi connectivity index (χ3n) is 4.97. The van der Waals surface area contributed by atoms with Gasteiger partial charge in [-0.1, -0.05) is 31.0 Å². The zero-order chi connectivity index (χ0) is 14.1. The molecule has 4 rings (SSSR count). The predicted molar refractivity (Wildman–Crippen MR) is 84.4 cm³/mol. The van der Waals surface area contributed by atoms with Crippen LogP contribution in [0.25, 0.3) is 0 Å². The van der Waals surface area contributed by atoms with Crippen LogP contribution in [-0.4, -0.2) is 16.3 Å². The lowest BCUT2D eigenvalue weighted by Gasteiger charge is -2.20. The van der Waals surface area contributed by atoms with Crippen LogP contribution in [0.4, 0.5) is 0 Å². The highest BCUT2D eigenvalue weighted by atomic mass is 15.3. The summed E-state index contributed by atoms with van der Waals surface area (Å²) >= 11 is 0. The van der Waals surface area contributed by atoms with Gasteiger partial charge < -0.3 is 5.32 Å². The molecule has 1 N–H and O–H groups in total. The van der Waals surface area contributed by atoms with Gasteiger partial charge in [0, 0.05) is 19.2 Å². The summed E-state index contributed by atoms with van der Waals surface area (Å²) in [7, 11) is 0. The Morgan fingerprint density at radius 1 is 1.19 bits per heavy atom. The normalized spacial score (nSPS) is 18.9. The molecule has 2 aliphatic rings. The topological polar surface area (TPSA) is 29.9 Å². The summed E-state index contributed by atoms with van der Waals surface area (Å²) < 4.78 is 2.21. The van der Waals surface area contributed by atoms with E-state index in [-0.39, 0.29) is 0 Å². The van der Waals surface area contributed by atoms with Gasteiger partial charge in [-0.25, -0.2) is 0 Å². The Hall–Kier alpha value is -1.61. The van der Waals surface area contributed by atoms with Crippen LogP contribution in [0.5, 0.6) is 0 Å². The molecule has 1 aliphatic heterocycles. The molecule has 0 atom stereocenters. The maximum atomic E-state index is 4.84. The van der Waals surface area contributed by atoms with Crippen LogP contribution in [0.1, 0.15) is 54.1 Å². The van der Waals surface area contributed by atoms with Gasteiger partial charge in [0.05, 0.1) is 11.7 Å². The number of nitrogens with one attached hydrogen (secondary N) is 1. The van der Waals surface area contributed by atoms with Gasteiger partial charge in [0.2, 0.25) is 0 Å². The summed E-state index contributed by atoms with van der Waals surface area (Å²) in [6.07, 6.45) is 9.62. The van der Waals surface area contributed by atoms with Crippen molar-refractivity contribution in [2.75, 3.05) is 6.54 Å². The van der Waals surface area contributed by atoms with Crippen molar-refractivity contribution in [3.05, 3.63) is 52.8 Å². The zero-order valence-electron chi connectivity index (χ0n) is 12.5. The third-order valence-corrected chi connectivity index (χ3v) is 4.97. The van der Waals surface area contributed by atoms with Crippen LogP contribution in [0, 0.1) is 0 Å². The van der Waals surface area contributed by atoms with Crippen molar-refractivity contribution < 1.29 is 0 Å². The van der Waals surface area contributed by atoms with Crippen molar-refractivity contribution in [2.24, 2.45) is 0 Å². The fourth-order valence-corrected chi connectivity index (χ4v) is 3.82. The number of nitrogens with zero attached hydrogens (tertiary/aromatic N) is 2. The lowest BCUT2D eigenvalue weighted by Crippen LogP contribution is -2.24. The number of fused-ring (bicyclic) bond motifs is 1. The number of rotatable bonds is 3. The first-order chi connectivity index (χ1) is 10.4. The average molecular weight is 281 g/mol. The van der Waals surface area contributed by atoms with Crippen molar-refractivity contribution in [3.63, 3.8) is 0 Å². The van der Waals surface area contributed by atoms with Crippen LogP contribution in [-0.2, 0) is 19.4 Å². The van der Waals surface area contributed by atoms with Crippen molar-refractivity contribution in [3.8, 4) is 0 Å². The second kappa shape index (κ2) is 5.64. The molecule has 0 saturated heterocycles. The molecule has 1 aromatic heterocycles. The second-order valence-corrected chi connectivity index (χ2v) is 6.38.